The van der Waals surface area contributed by atoms with Gasteiger partial charge in [0.15, 0.2) is 0 Å². The molecule has 0 bridgehead atoms. The summed E-state index contributed by atoms with van der Waals surface area (Å²) < 4.78 is 1.38. The molecule has 0 spiro atoms. The summed E-state index contributed by atoms with van der Waals surface area (Å²) in [6, 6.07) is 6.54. The summed E-state index contributed by atoms with van der Waals surface area (Å²) in [5.41, 5.74) is 6.03. The summed E-state index contributed by atoms with van der Waals surface area (Å²) in [6.45, 7) is 2.40. The van der Waals surface area contributed by atoms with Crippen LogP contribution in [0.4, 0.5) is 11.6 Å². The third kappa shape index (κ3) is 3.01. The Hall–Kier alpha value is -2.57. The van der Waals surface area contributed by atoms with Crippen molar-refractivity contribution in [2.24, 2.45) is 0 Å². The van der Waals surface area contributed by atoms with E-state index in [4.69, 9.17) is 5.73 Å². The molecule has 0 unspecified atom stereocenters. The lowest BCUT2D eigenvalue weighted by Gasteiger charge is -2.21. The topological polar surface area (TPSA) is 97.3 Å². The first kappa shape index (κ1) is 12.9. The Bertz CT molecular complexity index is 581. The second-order valence-corrected chi connectivity index (χ2v) is 3.96. The van der Waals surface area contributed by atoms with Gasteiger partial charge in [0.2, 0.25) is 11.9 Å². The van der Waals surface area contributed by atoms with Crippen LogP contribution in [0.15, 0.2) is 30.6 Å². The number of anilines is 2. The van der Waals surface area contributed by atoms with Crippen molar-refractivity contribution in [1.29, 1.82) is 0 Å². The summed E-state index contributed by atoms with van der Waals surface area (Å²) in [7, 11) is 0. The number of nitrogens with zero attached hydrogens (tertiary/aromatic N) is 4. The van der Waals surface area contributed by atoms with Gasteiger partial charge in [-0.1, -0.05) is 6.07 Å². The molecular weight excluding hydrogens is 246 g/mol. The van der Waals surface area contributed by atoms with E-state index in [0.717, 1.165) is 0 Å². The first-order chi connectivity index (χ1) is 9.10. The van der Waals surface area contributed by atoms with Crippen molar-refractivity contribution >= 4 is 17.5 Å². The van der Waals surface area contributed by atoms with Gasteiger partial charge in [0.1, 0.15) is 18.6 Å². The van der Waals surface area contributed by atoms with Crippen molar-refractivity contribution in [1.82, 2.24) is 14.8 Å². The van der Waals surface area contributed by atoms with Gasteiger partial charge in [-0.3, -0.25) is 4.79 Å². The van der Waals surface area contributed by atoms with Crippen LogP contribution in [0.2, 0.25) is 0 Å². The van der Waals surface area contributed by atoms with Crippen molar-refractivity contribution in [2.45, 2.75) is 13.5 Å². The lowest BCUT2D eigenvalue weighted by atomic mass is 10.2. The van der Waals surface area contributed by atoms with Gasteiger partial charge in [0, 0.05) is 18.3 Å². The number of amides is 1. The Morgan fingerprint density at radius 1 is 1.53 bits per heavy atom. The fourth-order valence-electron chi connectivity index (χ4n) is 1.77. The standard InChI is InChI=1S/C12H15N5O2/c1-2-17(9-4-3-5-10(18)6-9)11(19)7-16-8-14-12(13)15-16/h3-6,8,18H,2,7H2,1H3,(H2,13,15). The molecule has 1 aromatic carbocycles. The average Bonchev–Trinajstić information content (AvgIpc) is 2.75. The van der Waals surface area contributed by atoms with E-state index in [1.807, 2.05) is 6.92 Å². The Labute approximate surface area is 110 Å². The molecule has 1 amide bonds. The highest BCUT2D eigenvalue weighted by molar-refractivity contribution is 5.93. The smallest absolute Gasteiger partial charge is 0.248 e. The predicted octanol–water partition coefficient (Wildman–Crippen LogP) is 0.619. The lowest BCUT2D eigenvalue weighted by molar-refractivity contribution is -0.119. The maximum absolute atomic E-state index is 12.2. The monoisotopic (exact) mass is 261 g/mol. The molecule has 0 aliphatic rings. The molecule has 2 aromatic rings. The second-order valence-electron chi connectivity index (χ2n) is 3.96. The highest BCUT2D eigenvalue weighted by Gasteiger charge is 2.15. The van der Waals surface area contributed by atoms with E-state index in [1.54, 1.807) is 23.1 Å². The third-order valence-corrected chi connectivity index (χ3v) is 2.61. The number of carbonyl (C=O) groups is 1. The van der Waals surface area contributed by atoms with E-state index < -0.39 is 0 Å². The number of hydrogen-bond donors (Lipinski definition) is 2. The molecule has 7 heteroatoms. The second kappa shape index (κ2) is 5.38. The van der Waals surface area contributed by atoms with Crippen molar-refractivity contribution in [3.8, 4) is 5.75 Å². The minimum absolute atomic E-state index is 0.0493. The van der Waals surface area contributed by atoms with Crippen LogP contribution in [-0.2, 0) is 11.3 Å². The summed E-state index contributed by atoms with van der Waals surface area (Å²) in [5, 5.41) is 13.3. The van der Waals surface area contributed by atoms with E-state index in [2.05, 4.69) is 10.1 Å². The molecule has 100 valence electrons. The number of benzene rings is 1. The molecule has 19 heavy (non-hydrogen) atoms. The van der Waals surface area contributed by atoms with Gasteiger partial charge in [-0.2, -0.15) is 0 Å². The maximum Gasteiger partial charge on any atom is 0.248 e. The van der Waals surface area contributed by atoms with Crippen molar-refractivity contribution in [2.75, 3.05) is 17.2 Å². The van der Waals surface area contributed by atoms with Crippen LogP contribution >= 0.6 is 0 Å². The van der Waals surface area contributed by atoms with Gasteiger partial charge in [0.25, 0.3) is 0 Å². The molecule has 0 saturated heterocycles. The molecule has 2 rings (SSSR count). The quantitative estimate of drug-likeness (QED) is 0.840. The molecule has 0 aliphatic carbocycles. The minimum Gasteiger partial charge on any atom is -0.508 e. The van der Waals surface area contributed by atoms with Crippen molar-refractivity contribution in [3.63, 3.8) is 0 Å². The molecule has 0 aliphatic heterocycles. The van der Waals surface area contributed by atoms with Crippen LogP contribution in [0.25, 0.3) is 0 Å². The van der Waals surface area contributed by atoms with E-state index >= 15 is 0 Å². The Kier molecular flexibility index (Phi) is 3.65. The molecule has 3 N–H and O–H groups in total. The molecule has 1 aromatic heterocycles. The number of aromatic nitrogens is 3. The van der Waals surface area contributed by atoms with Gasteiger partial charge >= 0.3 is 0 Å². The molecule has 0 fully saturated rings. The molecular formula is C12H15N5O2. The summed E-state index contributed by atoms with van der Waals surface area (Å²) in [4.78, 5) is 17.5. The number of hydrogen-bond acceptors (Lipinski definition) is 5. The third-order valence-electron chi connectivity index (χ3n) is 2.61. The first-order valence-corrected chi connectivity index (χ1v) is 5.84. The maximum atomic E-state index is 12.2. The minimum atomic E-state index is -0.155. The number of rotatable bonds is 4. The average molecular weight is 261 g/mol. The number of phenols is 1. The molecule has 0 atom stereocenters. The van der Waals surface area contributed by atoms with Gasteiger partial charge in [0.05, 0.1) is 0 Å². The van der Waals surface area contributed by atoms with Gasteiger partial charge < -0.3 is 15.7 Å². The largest absolute Gasteiger partial charge is 0.508 e. The Balaban J connectivity index is 2.15. The van der Waals surface area contributed by atoms with E-state index in [-0.39, 0.29) is 24.1 Å². The van der Waals surface area contributed by atoms with Crippen LogP contribution in [-0.4, -0.2) is 32.3 Å². The molecule has 1 heterocycles. The zero-order chi connectivity index (χ0) is 13.8. The van der Waals surface area contributed by atoms with Crippen LogP contribution in [0, 0.1) is 0 Å². The van der Waals surface area contributed by atoms with E-state index in [9.17, 15) is 9.90 Å². The fraction of sp³-hybridized carbons (Fsp3) is 0.250. The number of nitrogens with two attached hydrogens (primary N) is 1. The number of aromatic hydroxyl groups is 1. The van der Waals surface area contributed by atoms with Crippen molar-refractivity contribution < 1.29 is 9.90 Å². The zero-order valence-corrected chi connectivity index (χ0v) is 10.5. The van der Waals surface area contributed by atoms with Gasteiger partial charge in [-0.25, -0.2) is 9.67 Å². The summed E-state index contributed by atoms with van der Waals surface area (Å²) >= 11 is 0. The molecule has 0 radical (unpaired) electrons. The Morgan fingerprint density at radius 3 is 2.89 bits per heavy atom. The number of carbonyl (C=O) groups excluding carboxylic acids is 1. The lowest BCUT2D eigenvalue weighted by Crippen LogP contribution is -2.33. The molecule has 0 saturated carbocycles. The zero-order valence-electron chi connectivity index (χ0n) is 10.5. The van der Waals surface area contributed by atoms with Crippen LogP contribution in [0.3, 0.4) is 0 Å². The number of phenolic OH excluding ortho intramolecular Hbond substituents is 1. The SMILES string of the molecule is CCN(C(=O)Cn1cnc(N)n1)c1cccc(O)c1. The first-order valence-electron chi connectivity index (χ1n) is 5.84. The van der Waals surface area contributed by atoms with E-state index in [0.29, 0.717) is 12.2 Å². The van der Waals surface area contributed by atoms with Gasteiger partial charge in [-0.05, 0) is 19.1 Å². The molecule has 7 nitrogen and oxygen atoms in total. The fourth-order valence-corrected chi connectivity index (χ4v) is 1.77. The normalized spacial score (nSPS) is 10.4. The summed E-state index contributed by atoms with van der Waals surface area (Å²) in [5.74, 6) is 0.0972. The van der Waals surface area contributed by atoms with Crippen LogP contribution < -0.4 is 10.6 Å². The highest BCUT2D eigenvalue weighted by Crippen LogP contribution is 2.20. The van der Waals surface area contributed by atoms with Gasteiger partial charge in [-0.15, -0.1) is 5.10 Å². The highest BCUT2D eigenvalue weighted by atomic mass is 16.3. The van der Waals surface area contributed by atoms with Crippen LogP contribution in [0.5, 0.6) is 5.75 Å². The predicted molar refractivity (Wildman–Crippen MR) is 70.6 cm³/mol. The number of nitrogen functional groups attached to an aromatic ring is 1. The van der Waals surface area contributed by atoms with Crippen molar-refractivity contribution in [3.05, 3.63) is 30.6 Å². The van der Waals surface area contributed by atoms with Crippen LogP contribution in [0.1, 0.15) is 6.92 Å². The Morgan fingerprint density at radius 2 is 2.32 bits per heavy atom. The summed E-state index contributed by atoms with van der Waals surface area (Å²) in [6.07, 6.45) is 1.41. The number of likely N-dealkylation sites (N-methyl/N-ethyl adjacent to an activating group) is 1. The van der Waals surface area contributed by atoms with E-state index in [1.165, 1.54) is 17.1 Å².